The number of nitrogens with one attached hydrogen (secondary N) is 1. The van der Waals surface area contributed by atoms with E-state index in [0.717, 1.165) is 12.4 Å². The zero-order valence-corrected chi connectivity index (χ0v) is 11.7. The summed E-state index contributed by atoms with van der Waals surface area (Å²) in [6.07, 6.45) is 1.65. The van der Waals surface area contributed by atoms with Crippen LogP contribution in [0.3, 0.4) is 0 Å². The number of nitro groups is 1. The van der Waals surface area contributed by atoms with E-state index >= 15 is 0 Å². The Labute approximate surface area is 120 Å². The molecule has 1 N–H and O–H groups in total. The van der Waals surface area contributed by atoms with Crippen molar-refractivity contribution in [3.8, 4) is 0 Å². The Hall–Kier alpha value is -1.99. The summed E-state index contributed by atoms with van der Waals surface area (Å²) in [5.74, 6) is 0.795. The number of hydrogen-bond donors (Lipinski definition) is 1. The van der Waals surface area contributed by atoms with Gasteiger partial charge in [0, 0.05) is 29.7 Å². The lowest BCUT2D eigenvalue weighted by Crippen LogP contribution is -2.17. The molecule has 0 amide bonds. The summed E-state index contributed by atoms with van der Waals surface area (Å²) in [6.45, 7) is 3.64. The molecule has 0 bridgehead atoms. The van der Waals surface area contributed by atoms with Crippen molar-refractivity contribution in [3.05, 3.63) is 51.1 Å². The lowest BCUT2D eigenvalue weighted by Gasteiger charge is -2.06. The molecule has 0 fully saturated rings. The van der Waals surface area contributed by atoms with Crippen LogP contribution < -0.4 is 5.32 Å². The van der Waals surface area contributed by atoms with Crippen molar-refractivity contribution in [1.82, 2.24) is 20.1 Å². The second kappa shape index (κ2) is 6.44. The lowest BCUT2D eigenvalue weighted by atomic mass is 10.2. The molecule has 7 nitrogen and oxygen atoms in total. The first kappa shape index (κ1) is 14.4. The van der Waals surface area contributed by atoms with Gasteiger partial charge in [-0.3, -0.25) is 10.1 Å². The van der Waals surface area contributed by atoms with Crippen molar-refractivity contribution >= 4 is 17.3 Å². The predicted molar refractivity (Wildman–Crippen MR) is 74.3 cm³/mol. The molecule has 0 aliphatic carbocycles. The minimum atomic E-state index is -0.433. The van der Waals surface area contributed by atoms with E-state index in [1.165, 1.54) is 6.07 Å². The maximum absolute atomic E-state index is 11.0. The van der Waals surface area contributed by atoms with Crippen molar-refractivity contribution < 1.29 is 4.92 Å². The van der Waals surface area contributed by atoms with Crippen LogP contribution in [0.15, 0.2) is 24.5 Å². The smallest absolute Gasteiger partial charge is 0.275 e. The Morgan fingerprint density at radius 3 is 2.95 bits per heavy atom. The van der Waals surface area contributed by atoms with Crippen LogP contribution in [0.2, 0.25) is 5.02 Å². The van der Waals surface area contributed by atoms with Crippen LogP contribution in [0.5, 0.6) is 0 Å². The molecule has 0 saturated carbocycles. The lowest BCUT2D eigenvalue weighted by molar-refractivity contribution is -0.385. The molecule has 2 aromatic rings. The molecular weight excluding hydrogens is 282 g/mol. The third kappa shape index (κ3) is 3.31. The van der Waals surface area contributed by atoms with Crippen LogP contribution in [0, 0.1) is 10.1 Å². The highest BCUT2D eigenvalue weighted by atomic mass is 35.5. The maximum Gasteiger partial charge on any atom is 0.275 e. The van der Waals surface area contributed by atoms with Gasteiger partial charge in [-0.05, 0) is 19.1 Å². The molecular formula is C12H14ClN5O2. The third-order valence-electron chi connectivity index (χ3n) is 2.88. The average molecular weight is 296 g/mol. The monoisotopic (exact) mass is 295 g/mol. The number of halogens is 1. The van der Waals surface area contributed by atoms with Crippen molar-refractivity contribution in [1.29, 1.82) is 0 Å². The number of aromatic nitrogens is 3. The van der Waals surface area contributed by atoms with Gasteiger partial charge in [0.05, 0.1) is 11.5 Å². The predicted octanol–water partition coefficient (Wildman–Crippen LogP) is 2.15. The molecule has 20 heavy (non-hydrogen) atoms. The van der Waals surface area contributed by atoms with Crippen LogP contribution in [0.4, 0.5) is 5.69 Å². The first-order valence-corrected chi connectivity index (χ1v) is 6.49. The highest BCUT2D eigenvalue weighted by Crippen LogP contribution is 2.23. The van der Waals surface area contributed by atoms with E-state index in [9.17, 15) is 10.1 Å². The molecule has 1 heterocycles. The zero-order valence-electron chi connectivity index (χ0n) is 10.9. The van der Waals surface area contributed by atoms with E-state index in [1.54, 1.807) is 18.5 Å². The second-order valence-corrected chi connectivity index (χ2v) is 4.60. The Bertz CT molecular complexity index is 614. The summed E-state index contributed by atoms with van der Waals surface area (Å²) < 4.78 is 1.91. The van der Waals surface area contributed by atoms with Gasteiger partial charge in [0.1, 0.15) is 12.2 Å². The van der Waals surface area contributed by atoms with Crippen LogP contribution in [-0.4, -0.2) is 19.7 Å². The Balaban J connectivity index is 2.03. The summed E-state index contributed by atoms with van der Waals surface area (Å²) >= 11 is 5.77. The molecule has 0 aliphatic heterocycles. The summed E-state index contributed by atoms with van der Waals surface area (Å²) in [5, 5.41) is 22.2. The molecule has 2 rings (SSSR count). The standard InChI is InChI=1S/C12H14ClN5O2/c1-2-17-8-15-16-12(17)7-14-6-9-3-4-10(13)5-11(9)18(19)20/h3-5,8,14H,2,6-7H2,1H3. The Kier molecular flexibility index (Phi) is 4.65. The molecule has 0 radical (unpaired) electrons. The third-order valence-corrected chi connectivity index (χ3v) is 3.11. The van der Waals surface area contributed by atoms with Gasteiger partial charge in [-0.25, -0.2) is 0 Å². The normalized spacial score (nSPS) is 10.7. The molecule has 8 heteroatoms. The number of aryl methyl sites for hydroxylation is 1. The highest BCUT2D eigenvalue weighted by molar-refractivity contribution is 6.30. The fourth-order valence-electron chi connectivity index (χ4n) is 1.85. The van der Waals surface area contributed by atoms with Gasteiger partial charge in [-0.2, -0.15) is 0 Å². The molecule has 0 aliphatic rings. The highest BCUT2D eigenvalue weighted by Gasteiger charge is 2.14. The number of nitrogens with zero attached hydrogens (tertiary/aromatic N) is 4. The minimum absolute atomic E-state index is 0.0157. The SMILES string of the molecule is CCn1cnnc1CNCc1ccc(Cl)cc1[N+](=O)[O-]. The van der Waals surface area contributed by atoms with Gasteiger partial charge in [0.15, 0.2) is 0 Å². The van der Waals surface area contributed by atoms with E-state index in [4.69, 9.17) is 11.6 Å². The van der Waals surface area contributed by atoms with Crippen LogP contribution in [-0.2, 0) is 19.6 Å². The fourth-order valence-corrected chi connectivity index (χ4v) is 2.01. The van der Waals surface area contributed by atoms with Gasteiger partial charge in [0.2, 0.25) is 0 Å². The van der Waals surface area contributed by atoms with Gasteiger partial charge in [-0.1, -0.05) is 11.6 Å². The van der Waals surface area contributed by atoms with Crippen molar-refractivity contribution in [2.75, 3.05) is 0 Å². The van der Waals surface area contributed by atoms with Crippen LogP contribution in [0.25, 0.3) is 0 Å². The molecule has 106 valence electrons. The van der Waals surface area contributed by atoms with Crippen molar-refractivity contribution in [2.24, 2.45) is 0 Å². The maximum atomic E-state index is 11.0. The molecule has 0 unspecified atom stereocenters. The molecule has 0 atom stereocenters. The van der Waals surface area contributed by atoms with E-state index in [0.29, 0.717) is 23.7 Å². The van der Waals surface area contributed by atoms with E-state index in [2.05, 4.69) is 15.5 Å². The second-order valence-electron chi connectivity index (χ2n) is 4.17. The largest absolute Gasteiger partial charge is 0.317 e. The van der Waals surface area contributed by atoms with Crippen LogP contribution >= 0.6 is 11.6 Å². The number of hydrogen-bond acceptors (Lipinski definition) is 5. The number of rotatable bonds is 6. The Morgan fingerprint density at radius 2 is 2.25 bits per heavy atom. The Morgan fingerprint density at radius 1 is 1.45 bits per heavy atom. The van der Waals surface area contributed by atoms with Crippen LogP contribution in [0.1, 0.15) is 18.3 Å². The van der Waals surface area contributed by atoms with E-state index in [1.807, 2.05) is 11.5 Å². The molecule has 1 aromatic carbocycles. The van der Waals surface area contributed by atoms with Crippen molar-refractivity contribution in [3.63, 3.8) is 0 Å². The number of nitro benzene ring substituents is 1. The van der Waals surface area contributed by atoms with Gasteiger partial charge in [-0.15, -0.1) is 10.2 Å². The quantitative estimate of drug-likeness (QED) is 0.652. The average Bonchev–Trinajstić information content (AvgIpc) is 2.87. The van der Waals surface area contributed by atoms with Crippen molar-refractivity contribution in [2.45, 2.75) is 26.6 Å². The summed E-state index contributed by atoms with van der Waals surface area (Å²) in [5.41, 5.74) is 0.601. The first-order valence-electron chi connectivity index (χ1n) is 6.12. The molecule has 0 spiro atoms. The molecule has 0 saturated heterocycles. The summed E-state index contributed by atoms with van der Waals surface area (Å²) in [7, 11) is 0. The molecule has 1 aromatic heterocycles. The van der Waals surface area contributed by atoms with Gasteiger partial charge < -0.3 is 9.88 Å². The van der Waals surface area contributed by atoms with Gasteiger partial charge >= 0.3 is 0 Å². The number of benzene rings is 1. The zero-order chi connectivity index (χ0) is 14.5. The first-order chi connectivity index (χ1) is 9.61. The van der Waals surface area contributed by atoms with E-state index in [-0.39, 0.29) is 5.69 Å². The van der Waals surface area contributed by atoms with E-state index < -0.39 is 4.92 Å². The topological polar surface area (TPSA) is 85.9 Å². The summed E-state index contributed by atoms with van der Waals surface area (Å²) in [4.78, 5) is 10.5. The fraction of sp³-hybridized carbons (Fsp3) is 0.333. The van der Waals surface area contributed by atoms with Gasteiger partial charge in [0.25, 0.3) is 5.69 Å². The summed E-state index contributed by atoms with van der Waals surface area (Å²) in [6, 6.07) is 4.64. The minimum Gasteiger partial charge on any atom is -0.317 e.